The Balaban J connectivity index is 1.93. The molecule has 23 heavy (non-hydrogen) atoms. The lowest BCUT2D eigenvalue weighted by molar-refractivity contribution is 0.0162. The lowest BCUT2D eigenvalue weighted by Crippen LogP contribution is -2.39. The molecule has 1 heterocycles. The predicted molar refractivity (Wildman–Crippen MR) is 91.3 cm³/mol. The molecule has 0 unspecified atom stereocenters. The number of methoxy groups -OCH3 is 1. The zero-order valence-corrected chi connectivity index (χ0v) is 14.6. The van der Waals surface area contributed by atoms with Crippen LogP contribution in [0.2, 0.25) is 0 Å². The van der Waals surface area contributed by atoms with Crippen LogP contribution in [0, 0.1) is 0 Å². The molecule has 0 radical (unpaired) electrons. The number of imidazole rings is 1. The third-order valence-corrected chi connectivity index (χ3v) is 4.16. The molecule has 0 bridgehead atoms. The molecule has 1 aromatic heterocycles. The van der Waals surface area contributed by atoms with Crippen LogP contribution >= 0.6 is 0 Å². The molecule has 1 aromatic carbocycles. The van der Waals surface area contributed by atoms with Gasteiger partial charge in [-0.3, -0.25) is 0 Å². The SMILES string of the molecule is COC(C)(C)CCNC(=O)N(C)Cc1nc2ccccc2n1C. The van der Waals surface area contributed by atoms with E-state index in [1.165, 1.54) is 0 Å². The van der Waals surface area contributed by atoms with E-state index in [0.717, 1.165) is 23.3 Å². The summed E-state index contributed by atoms with van der Waals surface area (Å²) in [6.45, 7) is 5.04. The number of rotatable bonds is 6. The molecule has 0 aliphatic carbocycles. The van der Waals surface area contributed by atoms with Crippen molar-refractivity contribution in [1.82, 2.24) is 19.8 Å². The van der Waals surface area contributed by atoms with Crippen molar-refractivity contribution in [2.45, 2.75) is 32.4 Å². The van der Waals surface area contributed by atoms with E-state index >= 15 is 0 Å². The number of nitrogens with one attached hydrogen (secondary N) is 1. The van der Waals surface area contributed by atoms with Crippen LogP contribution in [0.15, 0.2) is 24.3 Å². The zero-order valence-electron chi connectivity index (χ0n) is 14.6. The van der Waals surface area contributed by atoms with Gasteiger partial charge in [0.25, 0.3) is 0 Å². The standard InChI is InChI=1S/C17H26N4O2/c1-17(2,23-5)10-11-18-16(22)20(3)12-15-19-13-8-6-7-9-14(13)21(15)4/h6-9H,10-12H2,1-5H3,(H,18,22). The Morgan fingerprint density at radius 3 is 2.74 bits per heavy atom. The van der Waals surface area contributed by atoms with Crippen molar-refractivity contribution in [1.29, 1.82) is 0 Å². The van der Waals surface area contributed by atoms with Gasteiger partial charge in [0, 0.05) is 27.7 Å². The number of carbonyl (C=O) groups excluding carboxylic acids is 1. The van der Waals surface area contributed by atoms with E-state index < -0.39 is 0 Å². The van der Waals surface area contributed by atoms with Gasteiger partial charge in [0.2, 0.25) is 0 Å². The molecule has 0 aliphatic rings. The van der Waals surface area contributed by atoms with Gasteiger partial charge in [0.05, 0.1) is 23.2 Å². The van der Waals surface area contributed by atoms with Crippen molar-refractivity contribution in [3.8, 4) is 0 Å². The molecule has 0 aliphatic heterocycles. The lowest BCUT2D eigenvalue weighted by Gasteiger charge is -2.24. The van der Waals surface area contributed by atoms with Crippen LogP contribution in [0.3, 0.4) is 0 Å². The van der Waals surface area contributed by atoms with Gasteiger partial charge in [-0.2, -0.15) is 0 Å². The molecule has 6 nitrogen and oxygen atoms in total. The van der Waals surface area contributed by atoms with Crippen molar-refractivity contribution in [2.24, 2.45) is 7.05 Å². The maximum absolute atomic E-state index is 12.2. The Bertz CT molecular complexity index is 678. The van der Waals surface area contributed by atoms with E-state index in [1.807, 2.05) is 49.7 Å². The molecular formula is C17H26N4O2. The third kappa shape index (κ3) is 4.22. The van der Waals surface area contributed by atoms with Crippen molar-refractivity contribution >= 4 is 17.1 Å². The summed E-state index contributed by atoms with van der Waals surface area (Å²) in [7, 11) is 5.42. The summed E-state index contributed by atoms with van der Waals surface area (Å²) < 4.78 is 7.37. The number of hydrogen-bond donors (Lipinski definition) is 1. The minimum Gasteiger partial charge on any atom is -0.379 e. The summed E-state index contributed by atoms with van der Waals surface area (Å²) in [5.74, 6) is 0.862. The van der Waals surface area contributed by atoms with E-state index in [4.69, 9.17) is 4.74 Å². The van der Waals surface area contributed by atoms with Crippen molar-refractivity contribution in [3.05, 3.63) is 30.1 Å². The van der Waals surface area contributed by atoms with Gasteiger partial charge < -0.3 is 19.5 Å². The number of nitrogens with zero attached hydrogens (tertiary/aromatic N) is 3. The van der Waals surface area contributed by atoms with Gasteiger partial charge in [-0.1, -0.05) is 12.1 Å². The monoisotopic (exact) mass is 318 g/mol. The lowest BCUT2D eigenvalue weighted by atomic mass is 10.1. The van der Waals surface area contributed by atoms with Crippen molar-refractivity contribution in [2.75, 3.05) is 20.7 Å². The van der Waals surface area contributed by atoms with Crippen LogP contribution < -0.4 is 5.32 Å². The second-order valence-corrected chi connectivity index (χ2v) is 6.38. The van der Waals surface area contributed by atoms with E-state index in [0.29, 0.717) is 13.1 Å². The van der Waals surface area contributed by atoms with Gasteiger partial charge >= 0.3 is 6.03 Å². The molecule has 0 spiro atoms. The summed E-state index contributed by atoms with van der Waals surface area (Å²) in [6, 6.07) is 7.85. The number of amides is 2. The summed E-state index contributed by atoms with van der Waals surface area (Å²) in [5.41, 5.74) is 1.78. The average molecular weight is 318 g/mol. The van der Waals surface area contributed by atoms with Crippen molar-refractivity contribution < 1.29 is 9.53 Å². The zero-order chi connectivity index (χ0) is 17.0. The molecule has 0 saturated heterocycles. The number of ether oxygens (including phenoxy) is 1. The van der Waals surface area contributed by atoms with E-state index in [9.17, 15) is 4.79 Å². The summed E-state index contributed by atoms with van der Waals surface area (Å²) >= 11 is 0. The molecular weight excluding hydrogens is 292 g/mol. The fourth-order valence-corrected chi connectivity index (χ4v) is 2.33. The highest BCUT2D eigenvalue weighted by Crippen LogP contribution is 2.15. The molecule has 0 atom stereocenters. The largest absolute Gasteiger partial charge is 0.379 e. The number of benzene rings is 1. The first-order valence-corrected chi connectivity index (χ1v) is 7.78. The molecule has 0 saturated carbocycles. The van der Waals surface area contributed by atoms with Gasteiger partial charge in [-0.25, -0.2) is 9.78 Å². The van der Waals surface area contributed by atoms with Crippen LogP contribution in [-0.4, -0.2) is 46.8 Å². The minimum absolute atomic E-state index is 0.107. The molecule has 2 rings (SSSR count). The van der Waals surface area contributed by atoms with E-state index in [-0.39, 0.29) is 11.6 Å². The van der Waals surface area contributed by atoms with Crippen LogP contribution in [0.5, 0.6) is 0 Å². The Labute approximate surface area is 137 Å². The Kier molecular flexibility index (Phi) is 5.26. The predicted octanol–water partition coefficient (Wildman–Crippen LogP) is 2.53. The fraction of sp³-hybridized carbons (Fsp3) is 0.529. The topological polar surface area (TPSA) is 59.4 Å². The number of carbonyl (C=O) groups is 1. The van der Waals surface area contributed by atoms with Gasteiger partial charge in [-0.05, 0) is 32.4 Å². The second-order valence-electron chi connectivity index (χ2n) is 6.38. The first-order chi connectivity index (χ1) is 10.8. The van der Waals surface area contributed by atoms with Gasteiger partial charge in [-0.15, -0.1) is 0 Å². The smallest absolute Gasteiger partial charge is 0.317 e. The summed E-state index contributed by atoms with van der Waals surface area (Å²) in [4.78, 5) is 18.4. The van der Waals surface area contributed by atoms with E-state index in [1.54, 1.807) is 19.1 Å². The summed E-state index contributed by atoms with van der Waals surface area (Å²) in [6.07, 6.45) is 0.759. The van der Waals surface area contributed by atoms with Crippen LogP contribution in [0.4, 0.5) is 4.79 Å². The Morgan fingerprint density at radius 2 is 2.09 bits per heavy atom. The normalized spacial score (nSPS) is 11.7. The van der Waals surface area contributed by atoms with Crippen molar-refractivity contribution in [3.63, 3.8) is 0 Å². The average Bonchev–Trinajstić information content (AvgIpc) is 2.83. The molecule has 2 aromatic rings. The first kappa shape index (κ1) is 17.3. The quantitative estimate of drug-likeness (QED) is 0.890. The highest BCUT2D eigenvalue weighted by molar-refractivity contribution is 5.76. The highest BCUT2D eigenvalue weighted by Gasteiger charge is 2.18. The van der Waals surface area contributed by atoms with Crippen LogP contribution in [-0.2, 0) is 18.3 Å². The maximum atomic E-state index is 12.2. The summed E-state index contributed by atoms with van der Waals surface area (Å²) in [5, 5.41) is 2.92. The number of para-hydroxylation sites is 2. The molecule has 1 N–H and O–H groups in total. The number of hydrogen-bond acceptors (Lipinski definition) is 3. The Hall–Kier alpha value is -2.08. The fourth-order valence-electron chi connectivity index (χ4n) is 2.33. The molecule has 126 valence electrons. The van der Waals surface area contributed by atoms with Crippen LogP contribution in [0.25, 0.3) is 11.0 Å². The minimum atomic E-state index is -0.233. The first-order valence-electron chi connectivity index (χ1n) is 7.78. The third-order valence-electron chi connectivity index (χ3n) is 4.16. The number of aryl methyl sites for hydroxylation is 1. The molecule has 2 amide bonds. The second kappa shape index (κ2) is 7.00. The number of fused-ring (bicyclic) bond motifs is 1. The number of urea groups is 1. The van der Waals surface area contributed by atoms with Gasteiger partial charge in [0.1, 0.15) is 5.82 Å². The van der Waals surface area contributed by atoms with E-state index in [2.05, 4.69) is 10.3 Å². The van der Waals surface area contributed by atoms with Crippen LogP contribution in [0.1, 0.15) is 26.1 Å². The molecule has 6 heteroatoms. The molecule has 0 fully saturated rings. The number of aromatic nitrogens is 2. The maximum Gasteiger partial charge on any atom is 0.317 e. The Morgan fingerprint density at radius 1 is 1.39 bits per heavy atom. The van der Waals surface area contributed by atoms with Gasteiger partial charge in [0.15, 0.2) is 0 Å². The highest BCUT2D eigenvalue weighted by atomic mass is 16.5.